The van der Waals surface area contributed by atoms with E-state index in [1.165, 1.54) is 5.70 Å². The highest BCUT2D eigenvalue weighted by Crippen LogP contribution is 2.31. The summed E-state index contributed by atoms with van der Waals surface area (Å²) in [6, 6.07) is 0. The Morgan fingerprint density at radius 3 is 2.22 bits per heavy atom. The largest absolute Gasteiger partial charge is 0.383 e. The van der Waals surface area contributed by atoms with E-state index in [1.807, 2.05) is 0 Å². The predicted octanol–water partition coefficient (Wildman–Crippen LogP) is 3.51. The highest BCUT2D eigenvalue weighted by molar-refractivity contribution is 7.81. The Morgan fingerprint density at radius 1 is 1.22 bits per heavy atom. The Labute approximate surface area is 117 Å². The summed E-state index contributed by atoms with van der Waals surface area (Å²) < 4.78 is 0. The zero-order chi connectivity index (χ0) is 13.9. The van der Waals surface area contributed by atoms with Crippen molar-refractivity contribution in [1.29, 1.82) is 0 Å². The molecule has 0 bridgehead atoms. The van der Waals surface area contributed by atoms with E-state index in [0.717, 1.165) is 42.2 Å². The Bertz CT molecular complexity index is 370. The topological polar surface area (TPSA) is 15.3 Å². The van der Waals surface area contributed by atoms with Crippen molar-refractivity contribution >= 4 is 17.1 Å². The van der Waals surface area contributed by atoms with Crippen molar-refractivity contribution in [2.24, 2.45) is 5.41 Å². The third-order valence-corrected chi connectivity index (χ3v) is 3.72. The minimum absolute atomic E-state index is 0.356. The maximum atomic E-state index is 5.40. The summed E-state index contributed by atoms with van der Waals surface area (Å²) in [6.07, 6.45) is 1.14. The van der Waals surface area contributed by atoms with E-state index in [0.29, 0.717) is 5.41 Å². The summed E-state index contributed by atoms with van der Waals surface area (Å²) in [4.78, 5) is 3.23. The third kappa shape index (κ3) is 3.35. The molecule has 0 unspecified atom stereocenters. The number of allylic oxidation sites excluding steroid dienone is 2. The van der Waals surface area contributed by atoms with Crippen LogP contribution < -0.4 is 5.32 Å². The zero-order valence-electron chi connectivity index (χ0n) is 12.4. The van der Waals surface area contributed by atoms with Crippen molar-refractivity contribution in [2.75, 3.05) is 19.6 Å². The van der Waals surface area contributed by atoms with Crippen LogP contribution in [0.15, 0.2) is 23.5 Å². The molecule has 0 saturated carbocycles. The molecule has 0 heterocycles. The maximum absolute atomic E-state index is 5.40. The highest BCUT2D eigenvalue weighted by Gasteiger charge is 2.31. The van der Waals surface area contributed by atoms with Gasteiger partial charge in [-0.15, -0.1) is 0 Å². The monoisotopic (exact) mass is 266 g/mol. The van der Waals surface area contributed by atoms with Gasteiger partial charge in [-0.3, -0.25) is 0 Å². The standard InChI is InChI=1S/C15H26N2S/c1-7-17(8-2)13-12(11(3)14(13)18)16-10-9-15(4,5)6/h16H,3,7-10H2,1-2,4-6H3. The maximum Gasteiger partial charge on any atom is 0.0798 e. The molecule has 3 heteroatoms. The van der Waals surface area contributed by atoms with Gasteiger partial charge in [0.1, 0.15) is 0 Å². The van der Waals surface area contributed by atoms with Crippen molar-refractivity contribution in [3.63, 3.8) is 0 Å². The molecule has 0 saturated heterocycles. The molecule has 0 aromatic rings. The zero-order valence-corrected chi connectivity index (χ0v) is 13.2. The van der Waals surface area contributed by atoms with Gasteiger partial charge in [0, 0.05) is 25.2 Å². The molecule has 18 heavy (non-hydrogen) atoms. The van der Waals surface area contributed by atoms with Gasteiger partial charge in [-0.2, -0.15) is 0 Å². The van der Waals surface area contributed by atoms with Gasteiger partial charge in [0.15, 0.2) is 0 Å². The van der Waals surface area contributed by atoms with Gasteiger partial charge in [0.2, 0.25) is 0 Å². The van der Waals surface area contributed by atoms with E-state index in [9.17, 15) is 0 Å². The lowest BCUT2D eigenvalue weighted by atomic mass is 9.90. The molecule has 0 aromatic heterocycles. The first kappa shape index (κ1) is 15.2. The smallest absolute Gasteiger partial charge is 0.0798 e. The van der Waals surface area contributed by atoms with E-state index in [4.69, 9.17) is 12.2 Å². The number of nitrogens with zero attached hydrogens (tertiary/aromatic N) is 1. The minimum Gasteiger partial charge on any atom is -0.383 e. The Kier molecular flexibility index (Phi) is 4.97. The molecule has 1 aliphatic rings. The van der Waals surface area contributed by atoms with Gasteiger partial charge in [-0.05, 0) is 25.7 Å². The van der Waals surface area contributed by atoms with Crippen LogP contribution >= 0.6 is 12.2 Å². The lowest BCUT2D eigenvalue weighted by Gasteiger charge is -2.36. The van der Waals surface area contributed by atoms with Crippen molar-refractivity contribution < 1.29 is 0 Å². The lowest BCUT2D eigenvalue weighted by Crippen LogP contribution is -2.40. The molecule has 0 spiro atoms. The first-order valence-corrected chi connectivity index (χ1v) is 7.19. The van der Waals surface area contributed by atoms with Gasteiger partial charge >= 0.3 is 0 Å². The van der Waals surface area contributed by atoms with Crippen molar-refractivity contribution in [2.45, 2.75) is 41.0 Å². The summed E-state index contributed by atoms with van der Waals surface area (Å²) in [6.45, 7) is 18.1. The van der Waals surface area contributed by atoms with Crippen LogP contribution in [0.1, 0.15) is 41.0 Å². The van der Waals surface area contributed by atoms with Crippen LogP contribution in [0.5, 0.6) is 0 Å². The molecule has 0 aromatic carbocycles. The fourth-order valence-corrected chi connectivity index (χ4v) is 2.38. The van der Waals surface area contributed by atoms with Crippen molar-refractivity contribution in [3.05, 3.63) is 23.5 Å². The van der Waals surface area contributed by atoms with Gasteiger partial charge in [0.25, 0.3) is 0 Å². The summed E-state index contributed by atoms with van der Waals surface area (Å²) in [7, 11) is 0. The Hall–Kier alpha value is -0.830. The molecule has 0 radical (unpaired) electrons. The van der Waals surface area contributed by atoms with Gasteiger partial charge in [0.05, 0.1) is 16.3 Å². The molecule has 0 amide bonds. The molecule has 0 atom stereocenters. The van der Waals surface area contributed by atoms with E-state index in [-0.39, 0.29) is 0 Å². The number of rotatable bonds is 6. The summed E-state index contributed by atoms with van der Waals surface area (Å²) in [5.41, 5.74) is 3.71. The molecule has 0 aliphatic heterocycles. The fraction of sp³-hybridized carbons (Fsp3) is 0.667. The minimum atomic E-state index is 0.356. The number of thiocarbonyl (C=S) groups is 1. The normalized spacial score (nSPS) is 15.8. The Morgan fingerprint density at radius 2 is 1.78 bits per heavy atom. The van der Waals surface area contributed by atoms with Crippen molar-refractivity contribution in [1.82, 2.24) is 10.2 Å². The van der Waals surface area contributed by atoms with Crippen LogP contribution in [-0.4, -0.2) is 29.4 Å². The second kappa shape index (κ2) is 5.87. The second-order valence-corrected chi connectivity index (χ2v) is 6.35. The summed E-state index contributed by atoms with van der Waals surface area (Å²) in [5, 5.41) is 3.51. The highest BCUT2D eigenvalue weighted by atomic mass is 32.1. The molecular weight excluding hydrogens is 240 g/mol. The fourth-order valence-electron chi connectivity index (χ4n) is 2.04. The third-order valence-electron chi connectivity index (χ3n) is 3.28. The van der Waals surface area contributed by atoms with Crippen LogP contribution in [-0.2, 0) is 0 Å². The SMILES string of the molecule is C=C1C(=S)C(N(CC)CC)=C1NCCC(C)(C)C. The van der Waals surface area contributed by atoms with E-state index < -0.39 is 0 Å². The number of hydrogen-bond donors (Lipinski definition) is 1. The number of nitrogens with one attached hydrogen (secondary N) is 1. The quantitative estimate of drug-likeness (QED) is 0.585. The number of hydrogen-bond acceptors (Lipinski definition) is 3. The molecule has 102 valence electrons. The van der Waals surface area contributed by atoms with E-state index in [2.05, 4.69) is 51.4 Å². The summed E-state index contributed by atoms with van der Waals surface area (Å²) >= 11 is 5.40. The van der Waals surface area contributed by atoms with E-state index in [1.54, 1.807) is 0 Å². The molecule has 1 N–H and O–H groups in total. The average Bonchev–Trinajstić information content (AvgIpc) is 2.30. The van der Waals surface area contributed by atoms with Crippen molar-refractivity contribution in [3.8, 4) is 0 Å². The average molecular weight is 266 g/mol. The van der Waals surface area contributed by atoms with Gasteiger partial charge in [-0.1, -0.05) is 39.6 Å². The second-order valence-electron chi connectivity index (χ2n) is 5.94. The van der Waals surface area contributed by atoms with Crippen LogP contribution in [0.3, 0.4) is 0 Å². The lowest BCUT2D eigenvalue weighted by molar-refractivity contribution is 0.366. The first-order valence-electron chi connectivity index (χ1n) is 6.79. The molecule has 2 nitrogen and oxygen atoms in total. The molecule has 0 fully saturated rings. The van der Waals surface area contributed by atoms with Crippen LogP contribution in [0.4, 0.5) is 0 Å². The first-order chi connectivity index (χ1) is 8.31. The summed E-state index contributed by atoms with van der Waals surface area (Å²) in [5.74, 6) is 0. The predicted molar refractivity (Wildman–Crippen MR) is 83.8 cm³/mol. The Balaban J connectivity index is 2.71. The van der Waals surface area contributed by atoms with Gasteiger partial charge in [-0.25, -0.2) is 0 Å². The van der Waals surface area contributed by atoms with Crippen LogP contribution in [0.25, 0.3) is 0 Å². The van der Waals surface area contributed by atoms with Crippen LogP contribution in [0, 0.1) is 5.41 Å². The van der Waals surface area contributed by atoms with Gasteiger partial charge < -0.3 is 10.2 Å². The molecule has 1 aliphatic carbocycles. The van der Waals surface area contributed by atoms with Crippen LogP contribution in [0.2, 0.25) is 0 Å². The van der Waals surface area contributed by atoms with E-state index >= 15 is 0 Å². The molecule has 1 rings (SSSR count). The molecular formula is C15H26N2S.